The second-order valence-electron chi connectivity index (χ2n) is 3.53. The van der Waals surface area contributed by atoms with Gasteiger partial charge in [-0.05, 0) is 12.1 Å². The molecular formula is C11H15NO. The number of rotatable bonds is 3. The summed E-state index contributed by atoms with van der Waals surface area (Å²) in [5.41, 5.74) is 0.957. The second kappa shape index (κ2) is 4.65. The molecule has 2 nitrogen and oxygen atoms in total. The first-order chi connectivity index (χ1) is 6.18. The molecule has 0 amide bonds. The Kier molecular flexibility index (Phi) is 3.50. The number of hydrogen-bond donors (Lipinski definition) is 0. The molecule has 0 unspecified atom stereocenters. The second-order valence-corrected chi connectivity index (χ2v) is 3.53. The molecule has 0 N–H and O–H groups in total. The third kappa shape index (κ3) is 3.74. The van der Waals surface area contributed by atoms with Gasteiger partial charge in [0.1, 0.15) is 0 Å². The van der Waals surface area contributed by atoms with E-state index in [1.165, 1.54) is 0 Å². The van der Waals surface area contributed by atoms with Crippen LogP contribution in [0.4, 0.5) is 0 Å². The van der Waals surface area contributed by atoms with E-state index in [2.05, 4.69) is 0 Å². The van der Waals surface area contributed by atoms with Gasteiger partial charge in [0, 0.05) is 11.5 Å². The third-order valence-corrected chi connectivity index (χ3v) is 1.64. The van der Waals surface area contributed by atoms with Gasteiger partial charge in [0.2, 0.25) is 0 Å². The van der Waals surface area contributed by atoms with Gasteiger partial charge in [0.05, 0.1) is 0 Å². The molecule has 0 bridgehead atoms. The first kappa shape index (κ1) is 9.78. The van der Waals surface area contributed by atoms with Gasteiger partial charge in [-0.3, -0.25) is 0 Å². The van der Waals surface area contributed by atoms with E-state index >= 15 is 0 Å². The Hall–Kier alpha value is -1.31. The van der Waals surface area contributed by atoms with Gasteiger partial charge in [-0.15, -0.1) is 0 Å². The molecule has 0 aromatic heterocycles. The molecule has 0 aliphatic rings. The molecule has 0 aliphatic heterocycles. The Labute approximate surface area is 79.1 Å². The average molecular weight is 177 g/mol. The van der Waals surface area contributed by atoms with Crippen LogP contribution >= 0.6 is 0 Å². The van der Waals surface area contributed by atoms with Crippen LogP contribution in [0.3, 0.4) is 0 Å². The quantitative estimate of drug-likeness (QED) is 0.301. The van der Waals surface area contributed by atoms with Crippen molar-refractivity contribution in [3.8, 4) is 0 Å². The highest BCUT2D eigenvalue weighted by atomic mass is 16.5. The number of nitrogens with zero attached hydrogens (tertiary/aromatic N) is 1. The molecule has 0 heterocycles. The Morgan fingerprint density at radius 2 is 1.92 bits per heavy atom. The number of hydrogen-bond acceptors (Lipinski definition) is 1. The summed E-state index contributed by atoms with van der Waals surface area (Å²) in [7, 11) is 0. The predicted octanol–water partition coefficient (Wildman–Crippen LogP) is 2.27. The SMILES string of the molecule is CC(C)C/[N+]([O-])=C/c1ccccc1. The van der Waals surface area contributed by atoms with Crippen LogP contribution in [-0.2, 0) is 0 Å². The zero-order chi connectivity index (χ0) is 9.68. The van der Waals surface area contributed by atoms with Crippen molar-refractivity contribution in [2.24, 2.45) is 5.92 Å². The molecule has 1 rings (SSSR count). The molecule has 2 heteroatoms. The minimum atomic E-state index is 0.400. The van der Waals surface area contributed by atoms with Crippen LogP contribution < -0.4 is 0 Å². The Morgan fingerprint density at radius 3 is 2.46 bits per heavy atom. The molecule has 1 aromatic carbocycles. The summed E-state index contributed by atoms with van der Waals surface area (Å²) in [4.78, 5) is 0. The molecule has 0 saturated heterocycles. The summed E-state index contributed by atoms with van der Waals surface area (Å²) < 4.78 is 0.986. The Bertz CT molecular complexity index is 277. The van der Waals surface area contributed by atoms with Gasteiger partial charge >= 0.3 is 0 Å². The highest BCUT2D eigenvalue weighted by molar-refractivity contribution is 5.75. The van der Waals surface area contributed by atoms with Crippen molar-refractivity contribution >= 4 is 6.21 Å². The monoisotopic (exact) mass is 177 g/mol. The molecule has 0 spiro atoms. The summed E-state index contributed by atoms with van der Waals surface area (Å²) in [5.74, 6) is 0.400. The predicted molar refractivity (Wildman–Crippen MR) is 54.9 cm³/mol. The summed E-state index contributed by atoms with van der Waals surface area (Å²) in [6, 6.07) is 9.63. The molecule has 0 aliphatic carbocycles. The van der Waals surface area contributed by atoms with Crippen molar-refractivity contribution in [3.05, 3.63) is 41.1 Å². The van der Waals surface area contributed by atoms with E-state index in [1.807, 2.05) is 44.2 Å². The van der Waals surface area contributed by atoms with Gasteiger partial charge in [-0.1, -0.05) is 32.0 Å². The van der Waals surface area contributed by atoms with E-state index in [-0.39, 0.29) is 0 Å². The van der Waals surface area contributed by atoms with E-state index in [9.17, 15) is 5.21 Å². The zero-order valence-corrected chi connectivity index (χ0v) is 8.10. The standard InChI is InChI=1S/C11H15NO/c1-10(2)8-12(13)9-11-6-4-3-5-7-11/h3-7,9-10H,8H2,1-2H3/b12-9-. The minimum absolute atomic E-state index is 0.400. The number of benzene rings is 1. The zero-order valence-electron chi connectivity index (χ0n) is 8.10. The van der Waals surface area contributed by atoms with Gasteiger partial charge in [-0.2, -0.15) is 0 Å². The van der Waals surface area contributed by atoms with Crippen LogP contribution in [0.2, 0.25) is 0 Å². The third-order valence-electron chi connectivity index (χ3n) is 1.64. The molecular weight excluding hydrogens is 162 g/mol. The summed E-state index contributed by atoms with van der Waals surface area (Å²) in [5, 5.41) is 11.3. The lowest BCUT2D eigenvalue weighted by Gasteiger charge is -2.05. The normalized spacial score (nSPS) is 12.1. The fourth-order valence-electron chi connectivity index (χ4n) is 1.12. The first-order valence-electron chi connectivity index (χ1n) is 4.52. The fourth-order valence-corrected chi connectivity index (χ4v) is 1.12. The maximum atomic E-state index is 11.3. The molecule has 0 radical (unpaired) electrons. The van der Waals surface area contributed by atoms with Crippen LogP contribution in [0.1, 0.15) is 19.4 Å². The lowest BCUT2D eigenvalue weighted by molar-refractivity contribution is -0.459. The molecule has 13 heavy (non-hydrogen) atoms. The van der Waals surface area contributed by atoms with Crippen LogP contribution in [-0.4, -0.2) is 17.5 Å². The maximum Gasteiger partial charge on any atom is 0.181 e. The van der Waals surface area contributed by atoms with E-state index in [0.717, 1.165) is 10.3 Å². The van der Waals surface area contributed by atoms with Crippen molar-refractivity contribution in [2.75, 3.05) is 6.54 Å². The molecule has 0 saturated carbocycles. The van der Waals surface area contributed by atoms with Gasteiger partial charge in [0.25, 0.3) is 0 Å². The minimum Gasteiger partial charge on any atom is -0.624 e. The smallest absolute Gasteiger partial charge is 0.181 e. The van der Waals surface area contributed by atoms with E-state index < -0.39 is 0 Å². The summed E-state index contributed by atoms with van der Waals surface area (Å²) >= 11 is 0. The summed E-state index contributed by atoms with van der Waals surface area (Å²) in [6.45, 7) is 4.61. The van der Waals surface area contributed by atoms with Crippen molar-refractivity contribution in [1.82, 2.24) is 0 Å². The average Bonchev–Trinajstić information content (AvgIpc) is 2.04. The van der Waals surface area contributed by atoms with Crippen LogP contribution in [0.5, 0.6) is 0 Å². The molecule has 1 aromatic rings. The van der Waals surface area contributed by atoms with Crippen molar-refractivity contribution < 1.29 is 4.74 Å². The highest BCUT2D eigenvalue weighted by Crippen LogP contribution is 1.96. The topological polar surface area (TPSA) is 26.1 Å². The van der Waals surface area contributed by atoms with E-state index in [0.29, 0.717) is 12.5 Å². The van der Waals surface area contributed by atoms with Crippen molar-refractivity contribution in [2.45, 2.75) is 13.8 Å². The van der Waals surface area contributed by atoms with Crippen LogP contribution in [0.25, 0.3) is 0 Å². The number of hydroxylamine groups is 1. The van der Waals surface area contributed by atoms with Crippen molar-refractivity contribution in [1.29, 1.82) is 0 Å². The fraction of sp³-hybridized carbons (Fsp3) is 0.364. The van der Waals surface area contributed by atoms with Gasteiger partial charge < -0.3 is 5.21 Å². The van der Waals surface area contributed by atoms with Gasteiger partial charge in [0.15, 0.2) is 12.8 Å². The Balaban J connectivity index is 2.66. The van der Waals surface area contributed by atoms with Crippen molar-refractivity contribution in [3.63, 3.8) is 0 Å². The van der Waals surface area contributed by atoms with Crippen LogP contribution in [0.15, 0.2) is 30.3 Å². The highest BCUT2D eigenvalue weighted by Gasteiger charge is 1.99. The molecule has 0 fully saturated rings. The molecule has 70 valence electrons. The van der Waals surface area contributed by atoms with E-state index in [1.54, 1.807) is 6.21 Å². The lowest BCUT2D eigenvalue weighted by Crippen LogP contribution is -2.12. The summed E-state index contributed by atoms with van der Waals surface area (Å²) in [6.07, 6.45) is 1.62. The maximum absolute atomic E-state index is 11.3. The lowest BCUT2D eigenvalue weighted by atomic mass is 10.2. The van der Waals surface area contributed by atoms with E-state index in [4.69, 9.17) is 0 Å². The first-order valence-corrected chi connectivity index (χ1v) is 4.52. The largest absolute Gasteiger partial charge is 0.624 e. The Morgan fingerprint density at radius 1 is 1.31 bits per heavy atom. The molecule has 0 atom stereocenters. The van der Waals surface area contributed by atoms with Gasteiger partial charge in [-0.25, -0.2) is 4.74 Å². The van der Waals surface area contributed by atoms with Crippen LogP contribution in [0, 0.1) is 11.1 Å².